The van der Waals surface area contributed by atoms with E-state index in [1.165, 1.54) is 0 Å². The Hall–Kier alpha value is -1.40. The molecule has 0 amide bonds. The van der Waals surface area contributed by atoms with E-state index in [4.69, 9.17) is 11.6 Å². The van der Waals surface area contributed by atoms with Crippen molar-refractivity contribution in [2.75, 3.05) is 13.2 Å². The smallest absolute Gasteiger partial charge is 0.193 e. The van der Waals surface area contributed by atoms with E-state index in [0.717, 1.165) is 16.2 Å². The van der Waals surface area contributed by atoms with Crippen molar-refractivity contribution in [1.82, 2.24) is 9.38 Å². The van der Waals surface area contributed by atoms with Crippen LogP contribution in [0, 0.1) is 0 Å². The lowest BCUT2D eigenvalue weighted by Crippen LogP contribution is -2.37. The number of aromatic nitrogens is 2. The second-order valence-corrected chi connectivity index (χ2v) is 6.41. The fourth-order valence-electron chi connectivity index (χ4n) is 2.46. The van der Waals surface area contributed by atoms with Crippen molar-refractivity contribution in [3.63, 3.8) is 0 Å². The summed E-state index contributed by atoms with van der Waals surface area (Å²) in [6, 6.07) is 7.21. The molecular weight excluding hydrogens is 308 g/mol. The number of hydrogen-bond acceptors (Lipinski definition) is 4. The molecule has 0 aliphatic heterocycles. The first-order valence-electron chi connectivity index (χ1n) is 6.56. The zero-order valence-electron chi connectivity index (χ0n) is 11.2. The Morgan fingerprint density at radius 2 is 1.90 bits per heavy atom. The highest BCUT2D eigenvalue weighted by Crippen LogP contribution is 2.29. The number of rotatable bonds is 5. The molecule has 2 N–H and O–H groups in total. The summed E-state index contributed by atoms with van der Waals surface area (Å²) in [6.07, 6.45) is 4.34. The fraction of sp³-hybridized carbons (Fsp3) is 0.267. The molecule has 0 bridgehead atoms. The molecule has 0 atom stereocenters. The van der Waals surface area contributed by atoms with E-state index in [2.05, 4.69) is 4.98 Å². The van der Waals surface area contributed by atoms with E-state index >= 15 is 0 Å². The molecule has 0 saturated carbocycles. The lowest BCUT2D eigenvalue weighted by atomic mass is 9.78. The average Bonchev–Trinajstić information content (AvgIpc) is 3.07. The van der Waals surface area contributed by atoms with Crippen LogP contribution in [-0.4, -0.2) is 32.8 Å². The molecule has 2 heterocycles. The fourth-order valence-corrected chi connectivity index (χ4v) is 3.30. The second kappa shape index (κ2) is 5.77. The van der Waals surface area contributed by atoms with Crippen LogP contribution in [0.5, 0.6) is 0 Å². The Morgan fingerprint density at radius 3 is 2.52 bits per heavy atom. The Labute approximate surface area is 131 Å². The van der Waals surface area contributed by atoms with Crippen molar-refractivity contribution in [2.45, 2.75) is 11.8 Å². The van der Waals surface area contributed by atoms with Crippen molar-refractivity contribution < 1.29 is 10.2 Å². The van der Waals surface area contributed by atoms with Gasteiger partial charge in [0.2, 0.25) is 0 Å². The summed E-state index contributed by atoms with van der Waals surface area (Å²) in [6.45, 7) is -0.313. The van der Waals surface area contributed by atoms with Crippen LogP contribution in [0.15, 0.2) is 42.0 Å². The van der Waals surface area contributed by atoms with Gasteiger partial charge in [-0.1, -0.05) is 23.7 Å². The van der Waals surface area contributed by atoms with E-state index in [1.54, 1.807) is 23.5 Å². The maximum atomic E-state index is 9.86. The Morgan fingerprint density at radius 1 is 1.19 bits per heavy atom. The van der Waals surface area contributed by atoms with Gasteiger partial charge in [0.25, 0.3) is 0 Å². The molecule has 3 aromatic rings. The van der Waals surface area contributed by atoms with Crippen LogP contribution in [0.4, 0.5) is 0 Å². The minimum Gasteiger partial charge on any atom is -0.395 e. The molecular formula is C15H15ClN2O2S. The van der Waals surface area contributed by atoms with Crippen molar-refractivity contribution in [1.29, 1.82) is 0 Å². The van der Waals surface area contributed by atoms with Gasteiger partial charge in [-0.25, -0.2) is 4.98 Å². The van der Waals surface area contributed by atoms with E-state index in [1.807, 2.05) is 34.3 Å². The molecule has 3 rings (SSSR count). The molecule has 0 aliphatic carbocycles. The molecule has 0 fully saturated rings. The standard InChI is InChI=1S/C15H15ClN2O2S/c16-12-3-1-11(2-4-12)15(9-19,10-20)7-13-8-18-5-6-21-14(18)17-13/h1-6,8,19-20H,7,9-10H2. The van der Waals surface area contributed by atoms with Gasteiger partial charge in [-0.3, -0.25) is 4.40 Å². The summed E-state index contributed by atoms with van der Waals surface area (Å²) in [5.74, 6) is 0. The largest absolute Gasteiger partial charge is 0.395 e. The molecule has 0 radical (unpaired) electrons. The summed E-state index contributed by atoms with van der Waals surface area (Å²) in [7, 11) is 0. The maximum Gasteiger partial charge on any atom is 0.193 e. The van der Waals surface area contributed by atoms with Gasteiger partial charge in [-0.2, -0.15) is 0 Å². The Kier molecular flexibility index (Phi) is 3.99. The number of aliphatic hydroxyl groups is 2. The van der Waals surface area contributed by atoms with Crippen molar-refractivity contribution in [3.05, 3.63) is 58.3 Å². The summed E-state index contributed by atoms with van der Waals surface area (Å²) < 4.78 is 1.95. The molecule has 6 heteroatoms. The topological polar surface area (TPSA) is 57.8 Å². The summed E-state index contributed by atoms with van der Waals surface area (Å²) >= 11 is 7.46. The number of aliphatic hydroxyl groups excluding tert-OH is 2. The summed E-state index contributed by atoms with van der Waals surface area (Å²) in [4.78, 5) is 5.44. The van der Waals surface area contributed by atoms with Crippen LogP contribution in [0.3, 0.4) is 0 Å². The normalized spacial score (nSPS) is 12.1. The van der Waals surface area contributed by atoms with Gasteiger partial charge in [0.05, 0.1) is 18.9 Å². The highest BCUT2D eigenvalue weighted by molar-refractivity contribution is 7.15. The SMILES string of the molecule is OCC(CO)(Cc1cn2ccsc2n1)c1ccc(Cl)cc1. The summed E-state index contributed by atoms with van der Waals surface area (Å²) in [5.41, 5.74) is 0.947. The van der Waals surface area contributed by atoms with Crippen LogP contribution >= 0.6 is 22.9 Å². The lowest BCUT2D eigenvalue weighted by Gasteiger charge is -2.29. The molecule has 110 valence electrons. The number of nitrogens with zero attached hydrogens (tertiary/aromatic N) is 2. The van der Waals surface area contributed by atoms with Crippen LogP contribution in [0.2, 0.25) is 5.02 Å². The highest BCUT2D eigenvalue weighted by atomic mass is 35.5. The molecule has 2 aromatic heterocycles. The summed E-state index contributed by atoms with van der Waals surface area (Å²) in [5, 5.41) is 22.3. The molecule has 4 nitrogen and oxygen atoms in total. The van der Waals surface area contributed by atoms with Crippen LogP contribution in [0.1, 0.15) is 11.3 Å². The van der Waals surface area contributed by atoms with Crippen LogP contribution in [0.25, 0.3) is 4.96 Å². The van der Waals surface area contributed by atoms with Gasteiger partial charge in [-0.15, -0.1) is 11.3 Å². The minimum absolute atomic E-state index is 0.156. The van der Waals surface area contributed by atoms with E-state index in [-0.39, 0.29) is 13.2 Å². The second-order valence-electron chi connectivity index (χ2n) is 5.11. The predicted molar refractivity (Wildman–Crippen MR) is 84.1 cm³/mol. The van der Waals surface area contributed by atoms with E-state index < -0.39 is 5.41 Å². The number of imidazole rings is 1. The maximum absolute atomic E-state index is 9.86. The zero-order valence-corrected chi connectivity index (χ0v) is 12.8. The van der Waals surface area contributed by atoms with Gasteiger partial charge in [0.1, 0.15) is 0 Å². The van der Waals surface area contributed by atoms with E-state index in [0.29, 0.717) is 11.4 Å². The lowest BCUT2D eigenvalue weighted by molar-refractivity contribution is 0.115. The predicted octanol–water partition coefficient (Wildman–Crippen LogP) is 2.51. The number of benzene rings is 1. The average molecular weight is 323 g/mol. The number of fused-ring (bicyclic) bond motifs is 1. The van der Waals surface area contributed by atoms with Crippen molar-refractivity contribution in [3.8, 4) is 0 Å². The van der Waals surface area contributed by atoms with Gasteiger partial charge in [0, 0.05) is 34.6 Å². The van der Waals surface area contributed by atoms with Gasteiger partial charge in [0.15, 0.2) is 4.96 Å². The van der Waals surface area contributed by atoms with E-state index in [9.17, 15) is 10.2 Å². The minimum atomic E-state index is -0.755. The molecule has 0 unspecified atom stereocenters. The molecule has 0 spiro atoms. The molecule has 0 aliphatic rings. The Bertz CT molecular complexity index is 703. The first kappa shape index (κ1) is 14.5. The van der Waals surface area contributed by atoms with Crippen molar-refractivity contribution in [2.24, 2.45) is 0 Å². The number of hydrogen-bond donors (Lipinski definition) is 2. The third-order valence-corrected chi connectivity index (χ3v) is 4.75. The Balaban J connectivity index is 1.96. The van der Waals surface area contributed by atoms with Gasteiger partial charge in [-0.05, 0) is 17.7 Å². The highest BCUT2D eigenvalue weighted by Gasteiger charge is 2.32. The molecule has 1 aromatic carbocycles. The zero-order chi connectivity index (χ0) is 14.9. The molecule has 21 heavy (non-hydrogen) atoms. The van der Waals surface area contributed by atoms with Gasteiger partial charge < -0.3 is 10.2 Å². The van der Waals surface area contributed by atoms with Crippen LogP contribution in [-0.2, 0) is 11.8 Å². The third kappa shape index (κ3) is 2.70. The molecule has 0 saturated heterocycles. The monoisotopic (exact) mass is 322 g/mol. The first-order valence-corrected chi connectivity index (χ1v) is 7.81. The first-order chi connectivity index (χ1) is 10.2. The van der Waals surface area contributed by atoms with Gasteiger partial charge >= 0.3 is 0 Å². The number of halogens is 1. The number of thiazole rings is 1. The third-order valence-electron chi connectivity index (χ3n) is 3.72. The van der Waals surface area contributed by atoms with Crippen LogP contribution < -0.4 is 0 Å². The quantitative estimate of drug-likeness (QED) is 0.759. The van der Waals surface area contributed by atoms with Crippen molar-refractivity contribution >= 4 is 27.9 Å².